The van der Waals surface area contributed by atoms with Crippen LogP contribution in [0.4, 0.5) is 20.6 Å². The molecule has 0 fully saturated rings. The van der Waals surface area contributed by atoms with Crippen molar-refractivity contribution in [3.05, 3.63) is 83.9 Å². The Bertz CT molecular complexity index is 1290. The molecule has 4 rings (SSSR count). The first kappa shape index (κ1) is 29.0. The van der Waals surface area contributed by atoms with Gasteiger partial charge in [-0.05, 0) is 74.1 Å². The van der Waals surface area contributed by atoms with Gasteiger partial charge in [0.2, 0.25) is 5.91 Å². The quantitative estimate of drug-likeness (QED) is 0.390. The van der Waals surface area contributed by atoms with Crippen molar-refractivity contribution in [2.75, 3.05) is 37.4 Å². The number of aromatic nitrogens is 1. The van der Waals surface area contributed by atoms with Gasteiger partial charge in [0.1, 0.15) is 17.7 Å². The third-order valence-corrected chi connectivity index (χ3v) is 6.97. The van der Waals surface area contributed by atoms with Crippen molar-refractivity contribution in [2.24, 2.45) is 5.92 Å². The van der Waals surface area contributed by atoms with Gasteiger partial charge in [0, 0.05) is 54.9 Å². The molecule has 0 aliphatic carbocycles. The van der Waals surface area contributed by atoms with Crippen LogP contribution < -0.4 is 15.4 Å². The van der Waals surface area contributed by atoms with Crippen molar-refractivity contribution in [1.82, 2.24) is 14.8 Å². The molecule has 1 aliphatic heterocycles. The molecule has 3 amide bonds. The number of aliphatic hydroxyl groups is 1. The Morgan fingerprint density at radius 2 is 1.82 bits per heavy atom. The van der Waals surface area contributed by atoms with Gasteiger partial charge in [-0.1, -0.05) is 6.92 Å². The Balaban J connectivity index is 1.55. The Hall–Kier alpha value is -4.02. The Kier molecular flexibility index (Phi) is 9.68. The summed E-state index contributed by atoms with van der Waals surface area (Å²) in [5.74, 6) is 0.0273. The number of fused-ring (bicyclic) bond motifs is 1. The van der Waals surface area contributed by atoms with Gasteiger partial charge in [0.05, 0.1) is 19.1 Å². The molecule has 1 aliphatic rings. The molecule has 0 saturated heterocycles. The van der Waals surface area contributed by atoms with E-state index in [2.05, 4.69) is 27.4 Å². The van der Waals surface area contributed by atoms with Crippen molar-refractivity contribution in [2.45, 2.75) is 39.0 Å². The number of halogens is 1. The van der Waals surface area contributed by atoms with Gasteiger partial charge in [-0.3, -0.25) is 14.7 Å². The summed E-state index contributed by atoms with van der Waals surface area (Å²) >= 11 is 0. The molecular weight excluding hydrogens is 513 g/mol. The summed E-state index contributed by atoms with van der Waals surface area (Å²) in [4.78, 5) is 33.9. The highest BCUT2D eigenvalue weighted by Crippen LogP contribution is 2.29. The van der Waals surface area contributed by atoms with E-state index in [1.165, 1.54) is 24.3 Å². The van der Waals surface area contributed by atoms with E-state index in [9.17, 15) is 19.1 Å². The maximum absolute atomic E-state index is 13.4. The lowest BCUT2D eigenvalue weighted by Gasteiger charge is -2.34. The van der Waals surface area contributed by atoms with Crippen molar-refractivity contribution in [1.29, 1.82) is 0 Å². The summed E-state index contributed by atoms with van der Waals surface area (Å²) in [6.45, 7) is 5.49. The minimum Gasteiger partial charge on any atom is -0.488 e. The van der Waals surface area contributed by atoms with Crippen LogP contribution in [0.15, 0.2) is 67.0 Å². The van der Waals surface area contributed by atoms with Crippen LogP contribution in [0.1, 0.15) is 25.0 Å². The minimum absolute atomic E-state index is 0.0249. The summed E-state index contributed by atoms with van der Waals surface area (Å²) in [6.07, 6.45) is 3.35. The molecule has 212 valence electrons. The van der Waals surface area contributed by atoms with Gasteiger partial charge < -0.3 is 25.4 Å². The lowest BCUT2D eigenvalue weighted by molar-refractivity contribution is -0.134. The molecular formula is C30H36FN5O4. The molecule has 3 atom stereocenters. The molecule has 2 heterocycles. The normalized spacial score (nSPS) is 18.1. The van der Waals surface area contributed by atoms with E-state index in [0.29, 0.717) is 42.3 Å². The molecule has 10 heteroatoms. The Labute approximate surface area is 234 Å². The molecule has 0 spiro atoms. The molecule has 0 radical (unpaired) electrons. The van der Waals surface area contributed by atoms with Gasteiger partial charge in [0.15, 0.2) is 0 Å². The third-order valence-electron chi connectivity index (χ3n) is 6.97. The number of likely N-dealkylation sites (N-methyl/N-ethyl adjacent to an activating group) is 1. The van der Waals surface area contributed by atoms with E-state index in [1.54, 1.807) is 35.5 Å². The van der Waals surface area contributed by atoms with E-state index in [-0.39, 0.29) is 37.0 Å². The number of nitrogens with zero attached hydrogens (tertiary/aromatic N) is 3. The van der Waals surface area contributed by atoms with Crippen LogP contribution in [0.5, 0.6) is 5.75 Å². The average molecular weight is 550 g/mol. The number of urea groups is 1. The first-order valence-electron chi connectivity index (χ1n) is 13.3. The predicted molar refractivity (Wildman–Crippen MR) is 152 cm³/mol. The first-order valence-corrected chi connectivity index (χ1v) is 13.3. The Morgan fingerprint density at radius 3 is 2.52 bits per heavy atom. The highest BCUT2D eigenvalue weighted by Gasteiger charge is 2.31. The largest absolute Gasteiger partial charge is 0.488 e. The van der Waals surface area contributed by atoms with Gasteiger partial charge >= 0.3 is 6.03 Å². The van der Waals surface area contributed by atoms with E-state index in [1.807, 2.05) is 26.1 Å². The molecule has 3 aromatic rings. The zero-order valence-corrected chi connectivity index (χ0v) is 23.0. The maximum atomic E-state index is 13.4. The minimum atomic E-state index is -0.498. The lowest BCUT2D eigenvalue weighted by Crippen LogP contribution is -2.47. The lowest BCUT2D eigenvalue weighted by atomic mass is 10.0. The summed E-state index contributed by atoms with van der Waals surface area (Å²) in [5, 5.41) is 15.3. The van der Waals surface area contributed by atoms with Crippen molar-refractivity contribution < 1.29 is 23.8 Å². The molecule has 9 nitrogen and oxygen atoms in total. The molecule has 1 unspecified atom stereocenters. The number of carbonyl (C=O) groups excluding carboxylic acids is 2. The van der Waals surface area contributed by atoms with Crippen molar-refractivity contribution in [3.8, 4) is 5.75 Å². The van der Waals surface area contributed by atoms with Crippen LogP contribution in [-0.2, 0) is 17.8 Å². The van der Waals surface area contributed by atoms with Crippen LogP contribution in [0.2, 0.25) is 0 Å². The summed E-state index contributed by atoms with van der Waals surface area (Å²) in [5.41, 5.74) is 2.70. The number of amides is 3. The fourth-order valence-corrected chi connectivity index (χ4v) is 4.72. The van der Waals surface area contributed by atoms with Gasteiger partial charge in [-0.2, -0.15) is 0 Å². The number of hydrogen-bond donors (Lipinski definition) is 3. The van der Waals surface area contributed by atoms with Gasteiger partial charge in [-0.25, -0.2) is 9.18 Å². The number of ether oxygens (including phenoxy) is 1. The summed E-state index contributed by atoms with van der Waals surface area (Å²) < 4.78 is 19.7. The maximum Gasteiger partial charge on any atom is 0.323 e. The highest BCUT2D eigenvalue weighted by molar-refractivity contribution is 5.99. The molecule has 3 N–H and O–H groups in total. The number of carbonyl (C=O) groups is 2. The van der Waals surface area contributed by atoms with Gasteiger partial charge in [0.25, 0.3) is 0 Å². The monoisotopic (exact) mass is 549 g/mol. The number of hydrogen-bond acceptors (Lipinski definition) is 6. The average Bonchev–Trinajstić information content (AvgIpc) is 2.97. The molecule has 0 bridgehead atoms. The topological polar surface area (TPSA) is 107 Å². The first-order chi connectivity index (χ1) is 19.2. The van der Waals surface area contributed by atoms with Crippen LogP contribution >= 0.6 is 0 Å². The number of aliphatic hydroxyl groups excluding tert-OH is 1. The van der Waals surface area contributed by atoms with Crippen LogP contribution in [0.3, 0.4) is 0 Å². The molecule has 1 aromatic heterocycles. The molecule has 2 aromatic carbocycles. The predicted octanol–water partition coefficient (Wildman–Crippen LogP) is 4.15. The standard InChI is InChI=1S/C30H36FN5O4/c1-20-16-36(21(2)19-37)29(38)15-23-14-26(34-30(39)33-25-6-4-24(31)5-7-25)8-9-27(23)40-28(20)18-35(3)17-22-10-12-32-13-11-22/h4-14,20-21,28,37H,15-19H2,1-3H3,(H2,33,34,39)/t20?,21-,28-/m0/s1. The number of benzene rings is 2. The van der Waals surface area contributed by atoms with E-state index >= 15 is 0 Å². The summed E-state index contributed by atoms with van der Waals surface area (Å²) in [7, 11) is 2.02. The summed E-state index contributed by atoms with van der Waals surface area (Å²) in [6, 6.07) is 13.8. The van der Waals surface area contributed by atoms with Gasteiger partial charge in [-0.15, -0.1) is 0 Å². The smallest absolute Gasteiger partial charge is 0.323 e. The van der Waals surface area contributed by atoms with E-state index in [0.717, 1.165) is 5.56 Å². The number of pyridine rings is 1. The van der Waals surface area contributed by atoms with Crippen molar-refractivity contribution >= 4 is 23.3 Å². The van der Waals surface area contributed by atoms with E-state index in [4.69, 9.17) is 4.74 Å². The van der Waals surface area contributed by atoms with Crippen LogP contribution in [0, 0.1) is 11.7 Å². The second-order valence-corrected chi connectivity index (χ2v) is 10.3. The fraction of sp³-hybridized carbons (Fsp3) is 0.367. The second-order valence-electron chi connectivity index (χ2n) is 10.3. The fourth-order valence-electron chi connectivity index (χ4n) is 4.72. The second kappa shape index (κ2) is 13.4. The molecule has 0 saturated carbocycles. The third kappa shape index (κ3) is 7.77. The zero-order valence-electron chi connectivity index (χ0n) is 23.0. The van der Waals surface area contributed by atoms with Crippen LogP contribution in [-0.4, -0.2) is 70.7 Å². The number of nitrogens with one attached hydrogen (secondary N) is 2. The van der Waals surface area contributed by atoms with Crippen molar-refractivity contribution in [3.63, 3.8) is 0 Å². The zero-order chi connectivity index (χ0) is 28.6. The number of rotatable bonds is 8. The number of anilines is 2. The SMILES string of the molecule is CC1CN([C@@H](C)CO)C(=O)Cc2cc(NC(=O)Nc3ccc(F)cc3)ccc2O[C@H]1CN(C)Cc1ccncc1. The van der Waals surface area contributed by atoms with Crippen LogP contribution in [0.25, 0.3) is 0 Å². The highest BCUT2D eigenvalue weighted by atomic mass is 19.1. The Morgan fingerprint density at radius 1 is 1.15 bits per heavy atom. The molecule has 40 heavy (non-hydrogen) atoms. The van der Waals surface area contributed by atoms with E-state index < -0.39 is 11.8 Å².